The van der Waals surface area contributed by atoms with Gasteiger partial charge in [-0.05, 0) is 67.7 Å². The van der Waals surface area contributed by atoms with E-state index in [1.54, 1.807) is 18.2 Å². The Kier molecular flexibility index (Phi) is 6.04. The molecule has 0 spiro atoms. The number of rotatable bonds is 4. The molecule has 2 fully saturated rings. The van der Waals surface area contributed by atoms with Gasteiger partial charge >= 0.3 is 5.97 Å². The number of likely N-dealkylation sites (N-methyl/N-ethyl adjacent to an activating group) is 1. The topological polar surface area (TPSA) is 192 Å². The molecule has 3 aliphatic carbocycles. The summed E-state index contributed by atoms with van der Waals surface area (Å²) in [4.78, 5) is 78.9. The SMILES string of the molecule is CN(C)[C@@H]1C(=O)C(C(N)=O)C(=O)[C@@]2(O)C(=O)C3C(=O)c4c(O)ccc(-c5ccc(C(=O)O)cc5)c4C[C@H]3C[C@@H]12. The average molecular weight is 535 g/mol. The lowest BCUT2D eigenvalue weighted by Gasteiger charge is -2.52. The summed E-state index contributed by atoms with van der Waals surface area (Å²) in [5.41, 5.74) is 4.05. The highest BCUT2D eigenvalue weighted by molar-refractivity contribution is 6.32. The first-order valence-electron chi connectivity index (χ1n) is 12.3. The molecule has 0 saturated heterocycles. The number of aromatic hydroxyl groups is 1. The van der Waals surface area contributed by atoms with Gasteiger partial charge in [0, 0.05) is 5.92 Å². The summed E-state index contributed by atoms with van der Waals surface area (Å²) in [5, 5.41) is 31.5. The highest BCUT2D eigenvalue weighted by Crippen LogP contribution is 2.51. The summed E-state index contributed by atoms with van der Waals surface area (Å²) in [6.07, 6.45) is 0.0488. The van der Waals surface area contributed by atoms with E-state index in [0.29, 0.717) is 16.7 Å². The van der Waals surface area contributed by atoms with Gasteiger partial charge in [-0.2, -0.15) is 0 Å². The number of Topliss-reactive ketones (excluding diaryl/α,β-unsaturated/α-hetero) is 4. The molecule has 11 nitrogen and oxygen atoms in total. The van der Waals surface area contributed by atoms with Crippen molar-refractivity contribution in [1.82, 2.24) is 4.90 Å². The predicted molar refractivity (Wildman–Crippen MR) is 134 cm³/mol. The maximum absolute atomic E-state index is 13.8. The number of carboxylic acids is 1. The summed E-state index contributed by atoms with van der Waals surface area (Å²) in [7, 11) is 3.04. The average Bonchev–Trinajstić information content (AvgIpc) is 2.86. The Morgan fingerprint density at radius 2 is 1.64 bits per heavy atom. The Balaban J connectivity index is 1.64. The molecule has 0 bridgehead atoms. The number of carbonyl (C=O) groups excluding carboxylic acids is 5. The van der Waals surface area contributed by atoms with Crippen LogP contribution in [-0.4, -0.2) is 81.0 Å². The first kappa shape index (κ1) is 26.4. The number of benzene rings is 2. The number of phenols is 1. The number of nitrogens with zero attached hydrogens (tertiary/aromatic N) is 1. The number of hydrogen-bond donors (Lipinski definition) is 4. The molecule has 11 heteroatoms. The fraction of sp³-hybridized carbons (Fsp3) is 0.357. The number of amides is 1. The molecular weight excluding hydrogens is 508 g/mol. The normalized spacial score (nSPS) is 30.0. The van der Waals surface area contributed by atoms with Gasteiger partial charge in [0.05, 0.1) is 23.1 Å². The smallest absolute Gasteiger partial charge is 0.335 e. The number of nitrogens with two attached hydrogens (primary N) is 1. The Hall–Kier alpha value is -4.22. The van der Waals surface area contributed by atoms with Gasteiger partial charge in [-0.25, -0.2) is 4.79 Å². The van der Waals surface area contributed by atoms with E-state index in [-0.39, 0.29) is 29.7 Å². The zero-order valence-corrected chi connectivity index (χ0v) is 21.1. The molecule has 5 N–H and O–H groups in total. The second-order valence-electron chi connectivity index (χ2n) is 10.7. The van der Waals surface area contributed by atoms with Crippen LogP contribution in [0.3, 0.4) is 0 Å². The lowest BCUT2D eigenvalue weighted by Crippen LogP contribution is -2.74. The van der Waals surface area contributed by atoms with Crippen molar-refractivity contribution in [3.63, 3.8) is 0 Å². The summed E-state index contributed by atoms with van der Waals surface area (Å²) in [6, 6.07) is 7.66. The molecule has 0 aliphatic heterocycles. The van der Waals surface area contributed by atoms with Crippen molar-refractivity contribution in [3.8, 4) is 16.9 Å². The zero-order valence-electron chi connectivity index (χ0n) is 21.1. The van der Waals surface area contributed by atoms with E-state index >= 15 is 0 Å². The first-order chi connectivity index (χ1) is 18.3. The fourth-order valence-electron chi connectivity index (χ4n) is 6.67. The minimum absolute atomic E-state index is 0.0586. The van der Waals surface area contributed by atoms with E-state index in [9.17, 15) is 44.1 Å². The molecule has 202 valence electrons. The van der Waals surface area contributed by atoms with Crippen molar-refractivity contribution in [2.45, 2.75) is 24.5 Å². The van der Waals surface area contributed by atoms with Crippen LogP contribution in [-0.2, 0) is 25.6 Å². The van der Waals surface area contributed by atoms with Gasteiger partial charge in [-0.3, -0.25) is 28.9 Å². The Bertz CT molecular complexity index is 1480. The van der Waals surface area contributed by atoms with E-state index in [1.807, 2.05) is 0 Å². The van der Waals surface area contributed by atoms with Crippen molar-refractivity contribution >= 4 is 35.0 Å². The van der Waals surface area contributed by atoms with E-state index in [0.717, 1.165) is 0 Å². The van der Waals surface area contributed by atoms with Gasteiger partial charge in [0.15, 0.2) is 34.7 Å². The summed E-state index contributed by atoms with van der Waals surface area (Å²) in [6.45, 7) is 0. The molecule has 0 aromatic heterocycles. The first-order valence-corrected chi connectivity index (χ1v) is 12.3. The van der Waals surface area contributed by atoms with Gasteiger partial charge in [0.1, 0.15) is 5.75 Å². The van der Waals surface area contributed by atoms with Crippen LogP contribution in [0.15, 0.2) is 36.4 Å². The van der Waals surface area contributed by atoms with Gasteiger partial charge in [0.25, 0.3) is 0 Å². The Morgan fingerprint density at radius 3 is 2.21 bits per heavy atom. The number of carboxylic acid groups (broad SMARTS) is 1. The molecule has 39 heavy (non-hydrogen) atoms. The molecule has 0 radical (unpaired) electrons. The number of phenolic OH excluding ortho intramolecular Hbond substituents is 1. The van der Waals surface area contributed by atoms with Crippen molar-refractivity contribution < 1.29 is 44.1 Å². The lowest BCUT2D eigenvalue weighted by molar-refractivity contribution is -0.181. The minimum Gasteiger partial charge on any atom is -0.507 e. The van der Waals surface area contributed by atoms with Crippen LogP contribution >= 0.6 is 0 Å². The third-order valence-electron chi connectivity index (χ3n) is 8.39. The van der Waals surface area contributed by atoms with Gasteiger partial charge in [0.2, 0.25) is 5.91 Å². The number of primary amides is 1. The standard InChI is InChI=1S/C28H26N2O9/c1-30(2)21-16-10-13-9-15-14(11-3-5-12(6-4-11)27(37)38)7-8-17(31)19(15)22(32)18(13)24(34)28(16,39)25(35)20(23(21)33)26(29)36/h3-8,13,16,18,20-21,31,39H,9-10H2,1-2H3,(H2,29,36)(H,37,38)/t13-,16-,18?,20?,21-,28-/m0/s1. The van der Waals surface area contributed by atoms with Crippen molar-refractivity contribution in [2.24, 2.45) is 29.4 Å². The number of ketones is 4. The third kappa shape index (κ3) is 3.64. The number of aromatic carboxylic acids is 1. The molecule has 2 unspecified atom stereocenters. The van der Waals surface area contributed by atoms with Crippen LogP contribution in [0.1, 0.15) is 32.7 Å². The molecule has 2 aromatic rings. The highest BCUT2D eigenvalue weighted by Gasteiger charge is 2.69. The molecule has 6 atom stereocenters. The van der Waals surface area contributed by atoms with E-state index in [4.69, 9.17) is 5.73 Å². The molecular formula is C28H26N2O9. The molecule has 2 saturated carbocycles. The van der Waals surface area contributed by atoms with E-state index in [2.05, 4.69) is 0 Å². The van der Waals surface area contributed by atoms with Crippen molar-refractivity contribution in [3.05, 3.63) is 53.1 Å². The van der Waals surface area contributed by atoms with Crippen molar-refractivity contribution in [1.29, 1.82) is 0 Å². The Labute approximate surface area is 222 Å². The monoisotopic (exact) mass is 534 g/mol. The molecule has 3 aliphatic rings. The summed E-state index contributed by atoms with van der Waals surface area (Å²) >= 11 is 0. The zero-order chi connectivity index (χ0) is 28.5. The van der Waals surface area contributed by atoms with E-state index < -0.39 is 70.3 Å². The molecule has 5 rings (SSSR count). The number of hydrogen-bond acceptors (Lipinski definition) is 9. The van der Waals surface area contributed by atoms with Crippen LogP contribution in [0.2, 0.25) is 0 Å². The lowest BCUT2D eigenvalue weighted by atomic mass is 9.52. The largest absolute Gasteiger partial charge is 0.507 e. The van der Waals surface area contributed by atoms with E-state index in [1.165, 1.54) is 37.2 Å². The Morgan fingerprint density at radius 1 is 1.00 bits per heavy atom. The second-order valence-corrected chi connectivity index (χ2v) is 10.7. The third-order valence-corrected chi connectivity index (χ3v) is 8.39. The maximum atomic E-state index is 13.8. The number of carbonyl (C=O) groups is 6. The molecule has 2 aromatic carbocycles. The van der Waals surface area contributed by atoms with Crippen LogP contribution in [0.5, 0.6) is 5.75 Å². The fourth-order valence-corrected chi connectivity index (χ4v) is 6.67. The number of aliphatic hydroxyl groups is 1. The second kappa shape index (κ2) is 8.92. The summed E-state index contributed by atoms with van der Waals surface area (Å²) < 4.78 is 0. The van der Waals surface area contributed by atoms with Crippen LogP contribution < -0.4 is 5.73 Å². The summed E-state index contributed by atoms with van der Waals surface area (Å²) in [5.74, 6) is -12.2. The number of fused-ring (bicyclic) bond motifs is 3. The van der Waals surface area contributed by atoms with Crippen LogP contribution in [0, 0.1) is 23.7 Å². The quantitative estimate of drug-likeness (QED) is 0.395. The van der Waals surface area contributed by atoms with Gasteiger partial charge in [-0.1, -0.05) is 18.2 Å². The van der Waals surface area contributed by atoms with Crippen LogP contribution in [0.4, 0.5) is 0 Å². The van der Waals surface area contributed by atoms with Gasteiger partial charge in [-0.15, -0.1) is 0 Å². The van der Waals surface area contributed by atoms with Gasteiger partial charge < -0.3 is 21.1 Å². The molecule has 0 heterocycles. The minimum atomic E-state index is -2.78. The molecule has 1 amide bonds. The predicted octanol–water partition coefficient (Wildman–Crippen LogP) is 0.232. The van der Waals surface area contributed by atoms with Crippen molar-refractivity contribution in [2.75, 3.05) is 14.1 Å². The highest BCUT2D eigenvalue weighted by atomic mass is 16.4. The maximum Gasteiger partial charge on any atom is 0.335 e. The van der Waals surface area contributed by atoms with Crippen LogP contribution in [0.25, 0.3) is 11.1 Å².